The van der Waals surface area contributed by atoms with Crippen LogP contribution in [0.4, 0.5) is 0 Å². The van der Waals surface area contributed by atoms with E-state index in [-0.39, 0.29) is 17.6 Å². The number of Topliss-reactive ketones (excluding diaryl/α,β-unsaturated/α-hetero) is 1. The third kappa shape index (κ3) is 6.61. The molecule has 1 N–H and O–H groups in total. The minimum absolute atomic E-state index is 0.0584. The van der Waals surface area contributed by atoms with Crippen molar-refractivity contribution in [1.82, 2.24) is 15.2 Å². The number of aromatic nitrogens is 3. The van der Waals surface area contributed by atoms with Gasteiger partial charge in [-0.1, -0.05) is 58.2 Å². The molecule has 0 spiro atoms. The molecule has 37 heavy (non-hydrogen) atoms. The third-order valence-corrected chi connectivity index (χ3v) is 7.04. The number of hydrogen-bond acceptors (Lipinski definition) is 5. The average molecular weight is 524 g/mol. The highest BCUT2D eigenvalue weighted by atomic mass is 35.5. The Morgan fingerprint density at radius 3 is 2.65 bits per heavy atom. The molecule has 0 aliphatic carbocycles. The van der Waals surface area contributed by atoms with E-state index in [9.17, 15) is 4.79 Å². The Labute approximate surface area is 225 Å². The lowest BCUT2D eigenvalue weighted by molar-refractivity contribution is -0.118. The van der Waals surface area contributed by atoms with Crippen molar-refractivity contribution < 1.29 is 14.3 Å². The second-order valence-corrected chi connectivity index (χ2v) is 9.75. The van der Waals surface area contributed by atoms with Crippen LogP contribution in [-0.4, -0.2) is 34.7 Å². The van der Waals surface area contributed by atoms with Crippen LogP contribution < -0.4 is 9.47 Å². The highest BCUT2D eigenvalue weighted by Gasteiger charge is 2.30. The van der Waals surface area contributed by atoms with E-state index in [4.69, 9.17) is 21.1 Å². The largest absolute Gasteiger partial charge is 0.493 e. The second kappa shape index (κ2) is 13.4. The van der Waals surface area contributed by atoms with Gasteiger partial charge in [0.05, 0.1) is 37.1 Å². The number of pyridine rings is 1. The lowest BCUT2D eigenvalue weighted by Gasteiger charge is -2.26. The van der Waals surface area contributed by atoms with Gasteiger partial charge in [-0.15, -0.1) is 0 Å². The number of allylic oxidation sites excluding steroid dienone is 2. The lowest BCUT2D eigenvalue weighted by atomic mass is 9.83. The molecule has 0 amide bonds. The van der Waals surface area contributed by atoms with Crippen LogP contribution in [0.25, 0.3) is 16.8 Å². The van der Waals surface area contributed by atoms with Crippen LogP contribution in [0.1, 0.15) is 76.5 Å². The summed E-state index contributed by atoms with van der Waals surface area (Å²) in [5.74, 6) is 1.38. The van der Waals surface area contributed by atoms with Gasteiger partial charge in [-0.3, -0.25) is 9.78 Å². The molecule has 3 heterocycles. The summed E-state index contributed by atoms with van der Waals surface area (Å²) < 4.78 is 11.3. The van der Waals surface area contributed by atoms with E-state index in [0.717, 1.165) is 40.1 Å². The molecule has 0 saturated heterocycles. The third-order valence-electron chi connectivity index (χ3n) is 6.81. The predicted octanol–water partition coefficient (Wildman–Crippen LogP) is 7.68. The highest BCUT2D eigenvalue weighted by Crippen LogP contribution is 2.36. The first-order chi connectivity index (χ1) is 17.9. The quantitative estimate of drug-likeness (QED) is 0.306. The summed E-state index contributed by atoms with van der Waals surface area (Å²) in [5.41, 5.74) is 5.11. The van der Waals surface area contributed by atoms with Gasteiger partial charge in [-0.05, 0) is 61.1 Å². The number of ketones is 1. The van der Waals surface area contributed by atoms with Crippen LogP contribution in [0.2, 0.25) is 5.02 Å². The summed E-state index contributed by atoms with van der Waals surface area (Å²) in [6, 6.07) is 7.59. The number of benzene rings is 1. The van der Waals surface area contributed by atoms with Crippen molar-refractivity contribution in [2.45, 2.75) is 66.2 Å². The first-order valence-corrected chi connectivity index (χ1v) is 13.5. The van der Waals surface area contributed by atoms with Gasteiger partial charge >= 0.3 is 0 Å². The number of H-pyrrole nitrogens is 1. The van der Waals surface area contributed by atoms with Crippen molar-refractivity contribution in [1.29, 1.82) is 0 Å². The van der Waals surface area contributed by atoms with E-state index in [1.54, 1.807) is 25.6 Å². The minimum atomic E-state index is -0.277. The number of ether oxygens (including phenoxy) is 2. The summed E-state index contributed by atoms with van der Waals surface area (Å²) in [5, 5.41) is 7.55. The van der Waals surface area contributed by atoms with Crippen LogP contribution in [0, 0.1) is 5.92 Å². The number of carbonyl (C=O) groups excluding carboxylic acids is 1. The number of fused-ring (bicyclic) bond motifs is 1. The second-order valence-electron chi connectivity index (χ2n) is 9.31. The highest BCUT2D eigenvalue weighted by molar-refractivity contribution is 6.30. The van der Waals surface area contributed by atoms with Crippen molar-refractivity contribution >= 4 is 23.0 Å². The molecule has 2 aromatic heterocycles. The number of hydrogen-bond donors (Lipinski definition) is 1. The Bertz CT molecular complexity index is 1230. The number of carbonyl (C=O) groups is 1. The van der Waals surface area contributed by atoms with Crippen molar-refractivity contribution in [3.05, 3.63) is 64.4 Å². The molecular weight excluding hydrogens is 486 g/mol. The van der Waals surface area contributed by atoms with Gasteiger partial charge in [0.25, 0.3) is 0 Å². The number of methoxy groups -OCH3 is 1. The van der Waals surface area contributed by atoms with E-state index in [2.05, 4.69) is 42.9 Å². The van der Waals surface area contributed by atoms with Crippen molar-refractivity contribution in [2.75, 3.05) is 13.7 Å². The molecule has 1 aromatic carbocycles. The molecule has 4 rings (SSSR count). The van der Waals surface area contributed by atoms with E-state index < -0.39 is 0 Å². The van der Waals surface area contributed by atoms with Gasteiger partial charge in [0.2, 0.25) is 5.88 Å². The number of unbranched alkanes of at least 4 members (excludes halogenated alkanes) is 1. The fourth-order valence-corrected chi connectivity index (χ4v) is 4.46. The predicted molar refractivity (Wildman–Crippen MR) is 150 cm³/mol. The van der Waals surface area contributed by atoms with Crippen LogP contribution in [0.5, 0.6) is 11.6 Å². The van der Waals surface area contributed by atoms with Crippen LogP contribution in [-0.2, 0) is 11.2 Å². The molecule has 1 aliphatic rings. The van der Waals surface area contributed by atoms with Gasteiger partial charge in [0.15, 0.2) is 5.78 Å². The summed E-state index contributed by atoms with van der Waals surface area (Å²) in [7, 11) is 1.59. The van der Waals surface area contributed by atoms with Crippen molar-refractivity contribution in [3.8, 4) is 22.9 Å². The SMILES string of the molecule is C/C=C(/C(=O)C1COc2ccc(Cl)cc2C1)c1cnc(-c2cn[nH]c2OC)cc1C(C)CC.CCCC. The molecule has 6 nitrogen and oxygen atoms in total. The zero-order valence-electron chi connectivity index (χ0n) is 22.7. The van der Waals surface area contributed by atoms with Crippen molar-refractivity contribution in [3.63, 3.8) is 0 Å². The van der Waals surface area contributed by atoms with Gasteiger partial charge in [0, 0.05) is 22.4 Å². The molecule has 198 valence electrons. The molecule has 7 heteroatoms. The minimum Gasteiger partial charge on any atom is -0.493 e. The molecule has 0 radical (unpaired) electrons. The fourth-order valence-electron chi connectivity index (χ4n) is 4.27. The van der Waals surface area contributed by atoms with E-state index in [1.807, 2.05) is 31.2 Å². The van der Waals surface area contributed by atoms with Crippen molar-refractivity contribution in [2.24, 2.45) is 5.92 Å². The molecule has 3 aromatic rings. The van der Waals surface area contributed by atoms with Crippen LogP contribution in [0.15, 0.2) is 42.7 Å². The van der Waals surface area contributed by atoms with E-state index >= 15 is 0 Å². The number of halogens is 1. The zero-order chi connectivity index (χ0) is 26.9. The monoisotopic (exact) mass is 523 g/mol. The Hall–Kier alpha value is -3.12. The average Bonchev–Trinajstić information content (AvgIpc) is 3.41. The Morgan fingerprint density at radius 1 is 1.24 bits per heavy atom. The first kappa shape index (κ1) is 28.5. The van der Waals surface area contributed by atoms with E-state index in [1.165, 1.54) is 12.8 Å². The van der Waals surface area contributed by atoms with Gasteiger partial charge in [-0.25, -0.2) is 5.10 Å². The first-order valence-electron chi connectivity index (χ1n) is 13.1. The molecule has 1 aliphatic heterocycles. The normalized spacial score (nSPS) is 15.6. The summed E-state index contributed by atoms with van der Waals surface area (Å²) in [4.78, 5) is 18.3. The Balaban J connectivity index is 0.000000886. The molecule has 0 bridgehead atoms. The summed E-state index contributed by atoms with van der Waals surface area (Å²) >= 11 is 6.16. The smallest absolute Gasteiger partial charge is 0.218 e. The molecule has 0 saturated carbocycles. The number of nitrogens with one attached hydrogen (secondary N) is 1. The zero-order valence-corrected chi connectivity index (χ0v) is 23.5. The number of rotatable bonds is 8. The van der Waals surface area contributed by atoms with Gasteiger partial charge < -0.3 is 9.47 Å². The maximum atomic E-state index is 13.7. The number of nitrogens with zero attached hydrogens (tertiary/aromatic N) is 2. The molecule has 0 fully saturated rings. The lowest BCUT2D eigenvalue weighted by Crippen LogP contribution is -2.29. The fraction of sp³-hybridized carbons (Fsp3) is 0.433. The molecule has 2 unspecified atom stereocenters. The standard InChI is InChI=1S/C26H28ClN3O3.C4H10/c1-5-15(3)20-11-23(22-13-29-30-26(22)32-4)28-12-21(20)19(6-2)25(31)17-9-16-10-18(27)7-8-24(16)33-14-17;1-3-4-2/h6-8,10-13,15,17H,5,9,14H2,1-4H3,(H,29,30);3-4H2,1-2H3/b19-6+;. The maximum absolute atomic E-state index is 13.7. The number of aromatic amines is 1. The Morgan fingerprint density at radius 2 is 2.00 bits per heavy atom. The van der Waals surface area contributed by atoms with Crippen LogP contribution >= 0.6 is 11.6 Å². The maximum Gasteiger partial charge on any atom is 0.218 e. The van der Waals surface area contributed by atoms with Gasteiger partial charge in [-0.2, -0.15) is 5.10 Å². The van der Waals surface area contributed by atoms with Gasteiger partial charge in [0.1, 0.15) is 5.75 Å². The summed E-state index contributed by atoms with van der Waals surface area (Å²) in [6.45, 7) is 10.9. The van der Waals surface area contributed by atoms with E-state index in [0.29, 0.717) is 29.5 Å². The topological polar surface area (TPSA) is 77.1 Å². The molecule has 2 atom stereocenters. The summed E-state index contributed by atoms with van der Waals surface area (Å²) in [6.07, 6.45) is 9.55. The molecular formula is C30H38ClN3O3. The van der Waals surface area contributed by atoms with Crippen LogP contribution in [0.3, 0.4) is 0 Å². The Kier molecular flexibility index (Phi) is 10.3.